The van der Waals surface area contributed by atoms with Gasteiger partial charge in [-0.1, -0.05) is 25.1 Å². The Morgan fingerprint density at radius 1 is 1.46 bits per heavy atom. The minimum atomic E-state index is 0.439. The lowest BCUT2D eigenvalue weighted by molar-refractivity contribution is 0.650. The monoisotopic (exact) mass is 171 g/mol. The van der Waals surface area contributed by atoms with Gasteiger partial charge in [0.2, 0.25) is 0 Å². The molecule has 1 aliphatic heterocycles. The summed E-state index contributed by atoms with van der Waals surface area (Å²) in [5.41, 5.74) is 3.09. The van der Waals surface area contributed by atoms with Gasteiger partial charge in [0.25, 0.3) is 0 Å². The van der Waals surface area contributed by atoms with Gasteiger partial charge in [-0.3, -0.25) is 4.99 Å². The number of rotatable bonds is 1. The van der Waals surface area contributed by atoms with Gasteiger partial charge in [0.1, 0.15) is 0 Å². The molecule has 1 aliphatic carbocycles. The van der Waals surface area contributed by atoms with Crippen molar-refractivity contribution in [2.24, 2.45) is 10.4 Å². The average Bonchev–Trinajstić information content (AvgIpc) is 2.93. The van der Waals surface area contributed by atoms with Crippen LogP contribution in [0.25, 0.3) is 0 Å². The summed E-state index contributed by atoms with van der Waals surface area (Å²) in [6, 6.07) is 8.54. The molecular weight excluding hydrogens is 158 g/mol. The molecule has 0 saturated heterocycles. The first-order chi connectivity index (χ1) is 6.36. The minimum absolute atomic E-state index is 0.439. The molecule has 0 N–H and O–H groups in total. The van der Waals surface area contributed by atoms with Crippen molar-refractivity contribution >= 4 is 11.9 Å². The first kappa shape index (κ1) is 7.31. The first-order valence-corrected chi connectivity index (χ1v) is 5.00. The van der Waals surface area contributed by atoms with Crippen molar-refractivity contribution in [2.45, 2.75) is 25.7 Å². The summed E-state index contributed by atoms with van der Waals surface area (Å²) < 4.78 is 0. The molecule has 13 heavy (non-hydrogen) atoms. The molecule has 0 amide bonds. The van der Waals surface area contributed by atoms with Crippen molar-refractivity contribution in [3.8, 4) is 0 Å². The number of para-hydroxylation sites is 1. The van der Waals surface area contributed by atoms with Crippen LogP contribution >= 0.6 is 0 Å². The molecule has 1 nitrogen and oxygen atoms in total. The van der Waals surface area contributed by atoms with E-state index in [9.17, 15) is 0 Å². The Labute approximate surface area is 78.5 Å². The maximum Gasteiger partial charge on any atom is 0.0661 e. The van der Waals surface area contributed by atoms with E-state index in [4.69, 9.17) is 0 Å². The van der Waals surface area contributed by atoms with E-state index in [0.29, 0.717) is 5.41 Å². The van der Waals surface area contributed by atoms with Crippen LogP contribution in [-0.2, 0) is 0 Å². The van der Waals surface area contributed by atoms with Crippen LogP contribution < -0.4 is 0 Å². The molecule has 1 fully saturated rings. The van der Waals surface area contributed by atoms with Crippen molar-refractivity contribution in [3.05, 3.63) is 29.8 Å². The van der Waals surface area contributed by atoms with Gasteiger partial charge in [-0.2, -0.15) is 0 Å². The predicted octanol–water partition coefficient (Wildman–Crippen LogP) is 3.29. The second-order valence-electron chi connectivity index (χ2n) is 4.16. The largest absolute Gasteiger partial charge is 0.260 e. The normalized spacial score (nSPS) is 33.8. The van der Waals surface area contributed by atoms with Crippen LogP contribution in [-0.4, -0.2) is 6.21 Å². The maximum absolute atomic E-state index is 4.53. The molecular formula is C12H13N. The van der Waals surface area contributed by atoms with Crippen molar-refractivity contribution in [3.63, 3.8) is 0 Å². The maximum atomic E-state index is 4.53. The van der Waals surface area contributed by atoms with Gasteiger partial charge in [-0.25, -0.2) is 0 Å². The SMILES string of the molecule is CCC12C=Nc3ccccc3C1C2. The van der Waals surface area contributed by atoms with Crippen LogP contribution in [0.5, 0.6) is 0 Å². The van der Waals surface area contributed by atoms with Gasteiger partial charge < -0.3 is 0 Å². The molecule has 0 radical (unpaired) electrons. The number of hydrogen-bond donors (Lipinski definition) is 0. The first-order valence-electron chi connectivity index (χ1n) is 5.00. The lowest BCUT2D eigenvalue weighted by Gasteiger charge is -2.15. The van der Waals surface area contributed by atoms with E-state index in [1.54, 1.807) is 0 Å². The minimum Gasteiger partial charge on any atom is -0.260 e. The smallest absolute Gasteiger partial charge is 0.0661 e. The summed E-state index contributed by atoms with van der Waals surface area (Å²) in [5.74, 6) is 0.770. The third-order valence-corrected chi connectivity index (χ3v) is 3.55. The Kier molecular flexibility index (Phi) is 1.25. The number of aliphatic imine (C=N–C) groups is 1. The van der Waals surface area contributed by atoms with Crippen molar-refractivity contribution in [1.29, 1.82) is 0 Å². The summed E-state index contributed by atoms with van der Waals surface area (Å²) in [7, 11) is 0. The fourth-order valence-corrected chi connectivity index (χ4v) is 2.46. The Balaban J connectivity index is 2.12. The molecule has 1 heteroatoms. The summed E-state index contributed by atoms with van der Waals surface area (Å²) in [5, 5.41) is 0. The Morgan fingerprint density at radius 3 is 3.15 bits per heavy atom. The molecule has 1 aromatic rings. The zero-order chi connectivity index (χ0) is 8.89. The van der Waals surface area contributed by atoms with Gasteiger partial charge >= 0.3 is 0 Å². The Morgan fingerprint density at radius 2 is 2.31 bits per heavy atom. The Bertz CT molecular complexity index is 380. The highest BCUT2D eigenvalue weighted by molar-refractivity contribution is 5.81. The highest BCUT2D eigenvalue weighted by Gasteiger charge is 2.54. The van der Waals surface area contributed by atoms with E-state index >= 15 is 0 Å². The number of fused-ring (bicyclic) bond motifs is 3. The Hall–Kier alpha value is -1.11. The molecule has 1 saturated carbocycles. The number of nitrogens with zero attached hydrogens (tertiary/aromatic N) is 1. The van der Waals surface area contributed by atoms with Gasteiger partial charge in [0, 0.05) is 11.6 Å². The van der Waals surface area contributed by atoms with Crippen LogP contribution in [0, 0.1) is 5.41 Å². The molecule has 0 aromatic heterocycles. The summed E-state index contributed by atoms with van der Waals surface area (Å²) in [6.45, 7) is 2.26. The summed E-state index contributed by atoms with van der Waals surface area (Å²) >= 11 is 0. The predicted molar refractivity (Wildman–Crippen MR) is 54.7 cm³/mol. The zero-order valence-electron chi connectivity index (χ0n) is 7.83. The van der Waals surface area contributed by atoms with Crippen LogP contribution in [0.3, 0.4) is 0 Å². The molecule has 1 heterocycles. The third kappa shape index (κ3) is 0.846. The standard InChI is InChI=1S/C12H13N/c1-2-12-7-10(12)9-5-3-4-6-11(9)13-8-12/h3-6,8,10H,2,7H2,1H3. The molecule has 0 bridgehead atoms. The fraction of sp³-hybridized carbons (Fsp3) is 0.417. The zero-order valence-corrected chi connectivity index (χ0v) is 7.83. The van der Waals surface area contributed by atoms with Crippen LogP contribution in [0.4, 0.5) is 5.69 Å². The van der Waals surface area contributed by atoms with Gasteiger partial charge in [0.15, 0.2) is 0 Å². The van der Waals surface area contributed by atoms with Crippen LogP contribution in [0.15, 0.2) is 29.3 Å². The molecule has 66 valence electrons. The molecule has 0 spiro atoms. The van der Waals surface area contributed by atoms with Crippen molar-refractivity contribution in [2.75, 3.05) is 0 Å². The molecule has 1 aromatic carbocycles. The van der Waals surface area contributed by atoms with Crippen LogP contribution in [0.1, 0.15) is 31.2 Å². The van der Waals surface area contributed by atoms with Gasteiger partial charge in [-0.15, -0.1) is 0 Å². The van der Waals surface area contributed by atoms with E-state index < -0.39 is 0 Å². The topological polar surface area (TPSA) is 12.4 Å². The second-order valence-corrected chi connectivity index (χ2v) is 4.16. The molecule has 2 atom stereocenters. The van der Waals surface area contributed by atoms with E-state index in [2.05, 4.69) is 42.4 Å². The number of hydrogen-bond acceptors (Lipinski definition) is 1. The average molecular weight is 171 g/mol. The quantitative estimate of drug-likeness (QED) is 0.614. The van der Waals surface area contributed by atoms with Crippen molar-refractivity contribution in [1.82, 2.24) is 0 Å². The number of benzene rings is 1. The second kappa shape index (κ2) is 2.22. The fourth-order valence-electron chi connectivity index (χ4n) is 2.46. The van der Waals surface area contributed by atoms with Gasteiger partial charge in [-0.05, 0) is 30.4 Å². The molecule has 3 rings (SSSR count). The summed E-state index contributed by atoms with van der Waals surface area (Å²) in [6.07, 6.45) is 4.72. The van der Waals surface area contributed by atoms with E-state index in [1.165, 1.54) is 24.1 Å². The summed E-state index contributed by atoms with van der Waals surface area (Å²) in [4.78, 5) is 4.53. The molecule has 2 unspecified atom stereocenters. The van der Waals surface area contributed by atoms with E-state index in [1.807, 2.05) is 0 Å². The lowest BCUT2D eigenvalue weighted by Crippen LogP contribution is -2.06. The van der Waals surface area contributed by atoms with E-state index in [-0.39, 0.29) is 0 Å². The van der Waals surface area contributed by atoms with Crippen LogP contribution in [0.2, 0.25) is 0 Å². The highest BCUT2D eigenvalue weighted by atomic mass is 14.8. The van der Waals surface area contributed by atoms with Gasteiger partial charge in [0.05, 0.1) is 5.69 Å². The highest BCUT2D eigenvalue weighted by Crippen LogP contribution is 2.63. The van der Waals surface area contributed by atoms with Crippen molar-refractivity contribution < 1.29 is 0 Å². The lowest BCUT2D eigenvalue weighted by atomic mass is 9.94. The third-order valence-electron chi connectivity index (χ3n) is 3.55. The van der Waals surface area contributed by atoms with E-state index in [0.717, 1.165) is 5.92 Å². The molecule has 2 aliphatic rings.